The lowest BCUT2D eigenvalue weighted by atomic mass is 10.2. The smallest absolute Gasteiger partial charge is 0.271 e. The van der Waals surface area contributed by atoms with Gasteiger partial charge in [0.05, 0.1) is 5.56 Å². The summed E-state index contributed by atoms with van der Waals surface area (Å²) in [7, 11) is -0.945. The fourth-order valence-corrected chi connectivity index (χ4v) is 1.60. The van der Waals surface area contributed by atoms with Crippen LogP contribution < -0.4 is 5.32 Å². The summed E-state index contributed by atoms with van der Waals surface area (Å²) >= 11 is 0. The maximum absolute atomic E-state index is 11.8. The molecule has 0 radical (unpaired) electrons. The van der Waals surface area contributed by atoms with Gasteiger partial charge >= 0.3 is 0 Å². The summed E-state index contributed by atoms with van der Waals surface area (Å²) in [5, 5.41) is 11.3. The molecule has 0 bridgehead atoms. The van der Waals surface area contributed by atoms with Crippen molar-refractivity contribution in [3.63, 3.8) is 0 Å². The Balaban J connectivity index is 2.75. The van der Waals surface area contributed by atoms with Crippen LogP contribution in [0.3, 0.4) is 0 Å². The molecular weight excluding hydrogens is 252 g/mol. The van der Waals surface area contributed by atoms with E-state index >= 15 is 0 Å². The third-order valence-electron chi connectivity index (χ3n) is 2.00. The van der Waals surface area contributed by atoms with Crippen molar-refractivity contribution in [2.45, 2.75) is 0 Å². The van der Waals surface area contributed by atoms with Crippen LogP contribution >= 0.6 is 0 Å². The summed E-state index contributed by atoms with van der Waals surface area (Å²) in [5.74, 6) is 5.17. The van der Waals surface area contributed by atoms with Crippen LogP contribution in [-0.2, 0) is 10.8 Å². The molecule has 0 saturated carbocycles. The fraction of sp³-hybridized carbons (Fsp3) is 0.333. The molecule has 2 N–H and O–H groups in total. The van der Waals surface area contributed by atoms with Crippen molar-refractivity contribution in [2.24, 2.45) is 0 Å². The summed E-state index contributed by atoms with van der Waals surface area (Å²) in [5.41, 5.74) is 0.669. The first-order chi connectivity index (χ1) is 8.65. The number of hydrogen-bond donors (Lipinski definition) is 2. The second kappa shape index (κ2) is 7.58. The van der Waals surface area contributed by atoms with Gasteiger partial charge in [-0.15, -0.1) is 0 Å². The van der Waals surface area contributed by atoms with E-state index in [1.807, 2.05) is 0 Å². The van der Waals surface area contributed by atoms with Crippen molar-refractivity contribution in [3.8, 4) is 11.8 Å². The van der Waals surface area contributed by atoms with E-state index < -0.39 is 10.8 Å². The highest BCUT2D eigenvalue weighted by molar-refractivity contribution is 7.84. The van der Waals surface area contributed by atoms with Crippen LogP contribution in [0.1, 0.15) is 16.1 Å². The van der Waals surface area contributed by atoms with Gasteiger partial charge in [0.25, 0.3) is 5.91 Å². The molecule has 1 aromatic rings. The Morgan fingerprint density at radius 2 is 2.39 bits per heavy atom. The molecule has 1 atom stereocenters. The van der Waals surface area contributed by atoms with Crippen LogP contribution in [0, 0.1) is 11.8 Å². The number of nitrogens with zero attached hydrogens (tertiary/aromatic N) is 1. The molecule has 96 valence electrons. The van der Waals surface area contributed by atoms with Gasteiger partial charge < -0.3 is 10.4 Å². The van der Waals surface area contributed by atoms with Crippen molar-refractivity contribution in [3.05, 3.63) is 29.6 Å². The minimum Gasteiger partial charge on any atom is -0.384 e. The highest BCUT2D eigenvalue weighted by atomic mass is 32.2. The molecule has 1 amide bonds. The Morgan fingerprint density at radius 1 is 1.61 bits per heavy atom. The first-order valence-electron chi connectivity index (χ1n) is 5.28. The molecule has 5 nitrogen and oxygen atoms in total. The van der Waals surface area contributed by atoms with Crippen molar-refractivity contribution in [1.82, 2.24) is 10.3 Å². The molecule has 0 fully saturated rings. The number of nitrogens with one attached hydrogen (secondary N) is 1. The van der Waals surface area contributed by atoms with Gasteiger partial charge in [-0.25, -0.2) is 4.98 Å². The summed E-state index contributed by atoms with van der Waals surface area (Å²) in [6, 6.07) is 3.32. The number of aliphatic hydroxyl groups is 1. The largest absolute Gasteiger partial charge is 0.384 e. The maximum Gasteiger partial charge on any atom is 0.271 e. The Kier molecular flexibility index (Phi) is 6.05. The van der Waals surface area contributed by atoms with Gasteiger partial charge in [-0.1, -0.05) is 11.8 Å². The summed E-state index contributed by atoms with van der Waals surface area (Å²) < 4.78 is 10.9. The molecular formula is C12H14N2O3S. The van der Waals surface area contributed by atoms with Gasteiger partial charge in [0.1, 0.15) is 12.3 Å². The highest BCUT2D eigenvalue weighted by Crippen LogP contribution is 2.03. The van der Waals surface area contributed by atoms with E-state index in [1.165, 1.54) is 6.20 Å². The van der Waals surface area contributed by atoms with E-state index in [2.05, 4.69) is 22.1 Å². The van der Waals surface area contributed by atoms with Gasteiger partial charge in [-0.2, -0.15) is 0 Å². The van der Waals surface area contributed by atoms with Crippen molar-refractivity contribution in [1.29, 1.82) is 0 Å². The third-order valence-corrected chi connectivity index (χ3v) is 2.78. The van der Waals surface area contributed by atoms with Crippen molar-refractivity contribution >= 4 is 16.7 Å². The second-order valence-electron chi connectivity index (χ2n) is 3.39. The Bertz CT molecular complexity index is 506. The Labute approximate surface area is 108 Å². The number of pyridine rings is 1. The van der Waals surface area contributed by atoms with Crippen LogP contribution in [0.2, 0.25) is 0 Å². The average Bonchev–Trinajstić information content (AvgIpc) is 2.36. The van der Waals surface area contributed by atoms with E-state index in [1.54, 1.807) is 18.4 Å². The first kappa shape index (κ1) is 14.4. The highest BCUT2D eigenvalue weighted by Gasteiger charge is 2.10. The molecule has 0 aromatic carbocycles. The first-order valence-corrected chi connectivity index (χ1v) is 7.01. The average molecular weight is 266 g/mol. The molecule has 1 heterocycles. The standard InChI is InChI=1S/C12H14N2O3S/c1-18(17)9-7-14-12(16)11-10(5-3-8-15)4-2-6-13-11/h2,4,6,15H,7-9H2,1H3,(H,14,16). The Morgan fingerprint density at radius 3 is 3.06 bits per heavy atom. The normalized spacial score (nSPS) is 11.2. The van der Waals surface area contributed by atoms with Crippen molar-refractivity contribution in [2.75, 3.05) is 25.2 Å². The molecule has 0 aliphatic carbocycles. The monoisotopic (exact) mass is 266 g/mol. The molecule has 0 aliphatic rings. The molecule has 0 aliphatic heterocycles. The van der Waals surface area contributed by atoms with E-state index in [4.69, 9.17) is 5.11 Å². The number of aliphatic hydroxyl groups excluding tert-OH is 1. The zero-order chi connectivity index (χ0) is 13.4. The quantitative estimate of drug-likeness (QED) is 0.722. The topological polar surface area (TPSA) is 79.3 Å². The number of rotatable bonds is 4. The van der Waals surface area contributed by atoms with Crippen LogP contribution in [0.5, 0.6) is 0 Å². The van der Waals surface area contributed by atoms with Gasteiger partial charge in [-0.3, -0.25) is 9.00 Å². The molecule has 1 unspecified atom stereocenters. The van der Waals surface area contributed by atoms with E-state index in [-0.39, 0.29) is 18.2 Å². The SMILES string of the molecule is CS(=O)CCNC(=O)c1ncccc1C#CCO. The van der Waals surface area contributed by atoms with Gasteiger partial charge in [0.15, 0.2) is 0 Å². The summed E-state index contributed by atoms with van der Waals surface area (Å²) in [4.78, 5) is 15.8. The molecule has 18 heavy (non-hydrogen) atoms. The molecule has 1 aromatic heterocycles. The molecule has 1 rings (SSSR count). The van der Waals surface area contributed by atoms with E-state index in [0.29, 0.717) is 17.9 Å². The predicted octanol–water partition coefficient (Wildman–Crippen LogP) is -0.466. The molecule has 0 saturated heterocycles. The zero-order valence-electron chi connectivity index (χ0n) is 9.97. The lowest BCUT2D eigenvalue weighted by molar-refractivity contribution is 0.0951. The zero-order valence-corrected chi connectivity index (χ0v) is 10.8. The van der Waals surface area contributed by atoms with Crippen LogP contribution in [0.25, 0.3) is 0 Å². The van der Waals surface area contributed by atoms with E-state index in [0.717, 1.165) is 0 Å². The molecule has 6 heteroatoms. The molecule has 0 spiro atoms. The minimum atomic E-state index is -0.945. The van der Waals surface area contributed by atoms with Crippen LogP contribution in [0.15, 0.2) is 18.3 Å². The van der Waals surface area contributed by atoms with Gasteiger partial charge in [-0.05, 0) is 12.1 Å². The van der Waals surface area contributed by atoms with Crippen LogP contribution in [-0.4, -0.2) is 45.4 Å². The fourth-order valence-electron chi connectivity index (χ4n) is 1.21. The lowest BCUT2D eigenvalue weighted by Gasteiger charge is -2.04. The third kappa shape index (κ3) is 4.65. The maximum atomic E-state index is 11.8. The number of aromatic nitrogens is 1. The summed E-state index contributed by atoms with van der Waals surface area (Å²) in [6.45, 7) is 0.0517. The minimum absolute atomic E-state index is 0.209. The van der Waals surface area contributed by atoms with Gasteiger partial charge in [0.2, 0.25) is 0 Å². The lowest BCUT2D eigenvalue weighted by Crippen LogP contribution is -2.28. The second-order valence-corrected chi connectivity index (χ2v) is 4.95. The predicted molar refractivity (Wildman–Crippen MR) is 69.5 cm³/mol. The number of hydrogen-bond acceptors (Lipinski definition) is 4. The van der Waals surface area contributed by atoms with E-state index in [9.17, 15) is 9.00 Å². The summed E-state index contributed by atoms with van der Waals surface area (Å²) in [6.07, 6.45) is 3.07. The van der Waals surface area contributed by atoms with Crippen molar-refractivity contribution < 1.29 is 14.1 Å². The number of carbonyl (C=O) groups is 1. The Hall–Kier alpha value is -1.71. The van der Waals surface area contributed by atoms with Gasteiger partial charge in [0, 0.05) is 35.5 Å². The number of amides is 1. The van der Waals surface area contributed by atoms with Crippen LogP contribution in [0.4, 0.5) is 0 Å². The number of carbonyl (C=O) groups excluding carboxylic acids is 1.